The van der Waals surface area contributed by atoms with E-state index in [1.165, 1.54) is 6.20 Å². The molecule has 0 amide bonds. The molecular formula is C18H17ClFN3O3S2. The number of methoxy groups -OCH3 is 1. The number of benzene rings is 2. The molecule has 6 nitrogen and oxygen atoms in total. The molecule has 0 unspecified atom stereocenters. The number of aromatic nitrogens is 1. The first-order valence-electron chi connectivity index (χ1n) is 8.12. The van der Waals surface area contributed by atoms with E-state index in [0.717, 1.165) is 29.0 Å². The van der Waals surface area contributed by atoms with Crippen molar-refractivity contribution in [2.24, 2.45) is 0 Å². The van der Waals surface area contributed by atoms with Crippen LogP contribution in [0.5, 0.6) is 0 Å². The third-order valence-electron chi connectivity index (χ3n) is 3.83. The molecule has 1 aromatic heterocycles. The summed E-state index contributed by atoms with van der Waals surface area (Å²) in [4.78, 5) is 3.28. The topological polar surface area (TPSA) is 80.3 Å². The summed E-state index contributed by atoms with van der Waals surface area (Å²) in [6.45, 7) is 0.313. The maximum absolute atomic E-state index is 14.6. The molecular weight excluding hydrogens is 425 g/mol. The van der Waals surface area contributed by atoms with Crippen molar-refractivity contribution in [1.82, 2.24) is 4.98 Å². The van der Waals surface area contributed by atoms with Crippen molar-refractivity contribution in [2.75, 3.05) is 23.8 Å². The van der Waals surface area contributed by atoms with Gasteiger partial charge in [0.2, 0.25) is 0 Å². The first-order chi connectivity index (χ1) is 13.4. The molecule has 0 saturated carbocycles. The summed E-state index contributed by atoms with van der Waals surface area (Å²) in [6, 6.07) is 11.3. The van der Waals surface area contributed by atoms with Gasteiger partial charge in [-0.2, -0.15) is 0 Å². The summed E-state index contributed by atoms with van der Waals surface area (Å²) in [7, 11) is -2.60. The number of sulfonamides is 1. The van der Waals surface area contributed by atoms with Crippen molar-refractivity contribution in [1.29, 1.82) is 0 Å². The number of hydrogen-bond donors (Lipinski definition) is 2. The van der Waals surface area contributed by atoms with Crippen molar-refractivity contribution < 1.29 is 17.5 Å². The predicted molar refractivity (Wildman–Crippen MR) is 109 cm³/mol. The molecule has 1 heterocycles. The van der Waals surface area contributed by atoms with E-state index in [-0.39, 0.29) is 21.9 Å². The van der Waals surface area contributed by atoms with Gasteiger partial charge in [-0.3, -0.25) is 4.72 Å². The van der Waals surface area contributed by atoms with E-state index < -0.39 is 20.7 Å². The lowest BCUT2D eigenvalue weighted by molar-refractivity contribution is 0.186. The van der Waals surface area contributed by atoms with Crippen LogP contribution in [-0.4, -0.2) is 27.1 Å². The van der Waals surface area contributed by atoms with Crippen LogP contribution in [0, 0.1) is 5.82 Å². The smallest absolute Gasteiger partial charge is 0.266 e. The number of nitrogens with zero attached hydrogens (tertiary/aromatic N) is 1. The molecule has 148 valence electrons. The van der Waals surface area contributed by atoms with Crippen LogP contribution in [-0.2, 0) is 14.8 Å². The van der Waals surface area contributed by atoms with Crippen LogP contribution >= 0.6 is 22.9 Å². The van der Waals surface area contributed by atoms with Crippen LogP contribution in [0.2, 0.25) is 5.02 Å². The number of nitrogens with one attached hydrogen (secondary N) is 2. The SMILES string of the molecule is COC[C@H](Nc1cc(F)c(S(=O)(=O)Nc2nccs2)cc1Cl)c1ccccc1. The number of anilines is 2. The Labute approximate surface area is 171 Å². The summed E-state index contributed by atoms with van der Waals surface area (Å²) >= 11 is 7.33. The third-order valence-corrected chi connectivity index (χ3v) is 6.31. The molecule has 10 heteroatoms. The fraction of sp³-hybridized carbons (Fsp3) is 0.167. The van der Waals surface area contributed by atoms with E-state index in [1.807, 2.05) is 30.3 Å². The minimum Gasteiger partial charge on any atom is -0.382 e. The van der Waals surface area contributed by atoms with Crippen molar-refractivity contribution in [3.05, 3.63) is 70.4 Å². The summed E-state index contributed by atoms with van der Waals surface area (Å²) in [5.74, 6) is -0.930. The highest BCUT2D eigenvalue weighted by Gasteiger charge is 2.23. The van der Waals surface area contributed by atoms with Gasteiger partial charge in [-0.1, -0.05) is 41.9 Å². The van der Waals surface area contributed by atoms with Gasteiger partial charge in [0.15, 0.2) is 5.13 Å². The lowest BCUT2D eigenvalue weighted by Crippen LogP contribution is -2.18. The molecule has 0 aliphatic carbocycles. The summed E-state index contributed by atoms with van der Waals surface area (Å²) in [5.41, 5.74) is 1.18. The van der Waals surface area contributed by atoms with E-state index in [2.05, 4.69) is 15.0 Å². The Hall–Kier alpha value is -2.20. The van der Waals surface area contributed by atoms with Crippen LogP contribution in [0.15, 0.2) is 58.9 Å². The molecule has 0 spiro atoms. The van der Waals surface area contributed by atoms with E-state index in [4.69, 9.17) is 16.3 Å². The average Bonchev–Trinajstić information content (AvgIpc) is 3.16. The minimum absolute atomic E-state index is 0.0675. The van der Waals surface area contributed by atoms with Gasteiger partial charge in [0.25, 0.3) is 10.0 Å². The number of ether oxygens (including phenoxy) is 1. The second-order valence-electron chi connectivity index (χ2n) is 5.77. The molecule has 0 fully saturated rings. The zero-order valence-electron chi connectivity index (χ0n) is 14.7. The first kappa shape index (κ1) is 20.5. The lowest BCUT2D eigenvalue weighted by Gasteiger charge is -2.21. The largest absolute Gasteiger partial charge is 0.382 e. The highest BCUT2D eigenvalue weighted by Crippen LogP contribution is 2.32. The molecule has 1 atom stereocenters. The fourth-order valence-corrected chi connectivity index (χ4v) is 4.71. The Bertz CT molecular complexity index is 1030. The van der Waals surface area contributed by atoms with Gasteiger partial charge in [-0.25, -0.2) is 17.8 Å². The van der Waals surface area contributed by atoms with E-state index >= 15 is 0 Å². The first-order valence-corrected chi connectivity index (χ1v) is 10.9. The van der Waals surface area contributed by atoms with E-state index in [0.29, 0.717) is 6.61 Å². The fourth-order valence-electron chi connectivity index (χ4n) is 2.55. The van der Waals surface area contributed by atoms with Crippen LogP contribution in [0.3, 0.4) is 0 Å². The Morgan fingerprint density at radius 2 is 2.04 bits per heavy atom. The molecule has 2 aromatic carbocycles. The standard InChI is InChI=1S/C18H17ClFN3O3S2/c1-26-11-16(12-5-3-2-4-6-12)22-15-10-14(20)17(9-13(15)19)28(24,25)23-18-21-7-8-27-18/h2-10,16,22H,11H2,1H3,(H,21,23)/t16-/m0/s1. The van der Waals surface area contributed by atoms with Crippen molar-refractivity contribution in [3.8, 4) is 0 Å². The summed E-state index contributed by atoms with van der Waals surface area (Å²) in [6.07, 6.45) is 1.44. The molecule has 0 aliphatic rings. The molecule has 0 saturated heterocycles. The molecule has 0 bridgehead atoms. The van der Waals surface area contributed by atoms with Crippen molar-refractivity contribution in [3.63, 3.8) is 0 Å². The van der Waals surface area contributed by atoms with Crippen LogP contribution in [0.1, 0.15) is 11.6 Å². The van der Waals surface area contributed by atoms with E-state index in [1.54, 1.807) is 12.5 Å². The quantitative estimate of drug-likeness (QED) is 0.536. The van der Waals surface area contributed by atoms with Gasteiger partial charge < -0.3 is 10.1 Å². The van der Waals surface area contributed by atoms with Crippen molar-refractivity contribution >= 4 is 43.8 Å². The normalized spacial score (nSPS) is 12.5. The summed E-state index contributed by atoms with van der Waals surface area (Å²) in [5, 5.41) is 4.92. The molecule has 0 radical (unpaired) electrons. The Morgan fingerprint density at radius 3 is 2.68 bits per heavy atom. The predicted octanol–water partition coefficient (Wildman–Crippen LogP) is 4.54. The number of thiazole rings is 1. The highest BCUT2D eigenvalue weighted by atomic mass is 35.5. The molecule has 3 rings (SSSR count). The average molecular weight is 442 g/mol. The summed E-state index contributed by atoms with van der Waals surface area (Å²) < 4.78 is 47.0. The van der Waals surface area contributed by atoms with Crippen LogP contribution < -0.4 is 10.0 Å². The molecule has 28 heavy (non-hydrogen) atoms. The molecule has 3 aromatic rings. The van der Waals surface area contributed by atoms with Gasteiger partial charge in [0.1, 0.15) is 10.7 Å². The Morgan fingerprint density at radius 1 is 1.29 bits per heavy atom. The number of halogens is 2. The Balaban J connectivity index is 1.89. The van der Waals surface area contributed by atoms with Gasteiger partial charge >= 0.3 is 0 Å². The van der Waals surface area contributed by atoms with Crippen LogP contribution in [0.25, 0.3) is 0 Å². The van der Waals surface area contributed by atoms with Gasteiger partial charge in [-0.05, 0) is 17.7 Å². The Kier molecular flexibility index (Phi) is 6.50. The maximum atomic E-state index is 14.6. The van der Waals surface area contributed by atoms with E-state index in [9.17, 15) is 12.8 Å². The number of hydrogen-bond acceptors (Lipinski definition) is 6. The second-order valence-corrected chi connectivity index (χ2v) is 8.72. The number of rotatable bonds is 8. The van der Waals surface area contributed by atoms with Crippen molar-refractivity contribution in [2.45, 2.75) is 10.9 Å². The van der Waals surface area contributed by atoms with Crippen LogP contribution in [0.4, 0.5) is 15.2 Å². The zero-order valence-corrected chi connectivity index (χ0v) is 17.1. The highest BCUT2D eigenvalue weighted by molar-refractivity contribution is 7.93. The van der Waals surface area contributed by atoms with Gasteiger partial charge in [0, 0.05) is 18.7 Å². The maximum Gasteiger partial charge on any atom is 0.266 e. The molecule has 0 aliphatic heterocycles. The third kappa shape index (κ3) is 4.79. The second kappa shape index (κ2) is 8.87. The lowest BCUT2D eigenvalue weighted by atomic mass is 10.1. The molecule has 2 N–H and O–H groups in total. The monoisotopic (exact) mass is 441 g/mol. The zero-order chi connectivity index (χ0) is 20.1. The van der Waals surface area contributed by atoms with Gasteiger partial charge in [0.05, 0.1) is 23.4 Å². The van der Waals surface area contributed by atoms with Gasteiger partial charge in [-0.15, -0.1) is 11.3 Å². The minimum atomic E-state index is -4.16.